The number of carbonyl (C=O) groups is 1. The Labute approximate surface area is 169 Å². The third-order valence-corrected chi connectivity index (χ3v) is 4.72. The molecule has 6 heteroatoms. The molecule has 2 aromatic carbocycles. The molecule has 0 saturated heterocycles. The normalized spacial score (nSPS) is 10.7. The van der Waals surface area contributed by atoms with Gasteiger partial charge in [-0.15, -0.1) is 11.3 Å². The van der Waals surface area contributed by atoms with Crippen molar-refractivity contribution in [2.45, 2.75) is 27.4 Å². The van der Waals surface area contributed by atoms with Crippen LogP contribution in [-0.4, -0.2) is 17.5 Å². The van der Waals surface area contributed by atoms with Gasteiger partial charge in [0.25, 0.3) is 5.91 Å². The zero-order valence-electron chi connectivity index (χ0n) is 16.3. The molecule has 5 nitrogen and oxygen atoms in total. The Morgan fingerprint density at radius 1 is 1.14 bits per heavy atom. The quantitative estimate of drug-likeness (QED) is 0.560. The van der Waals surface area contributed by atoms with E-state index in [0.717, 1.165) is 11.1 Å². The number of carbonyl (C=O) groups excluding carboxylic acids is 1. The lowest BCUT2D eigenvalue weighted by atomic mass is 10.1. The smallest absolute Gasteiger partial charge is 0.257 e. The molecule has 0 atom stereocenters. The van der Waals surface area contributed by atoms with Gasteiger partial charge in [0.15, 0.2) is 5.13 Å². The first-order chi connectivity index (χ1) is 13.5. The molecule has 3 aromatic rings. The highest BCUT2D eigenvalue weighted by Gasteiger charge is 2.13. The number of nitrogens with zero attached hydrogens (tertiary/aromatic N) is 1. The highest BCUT2D eigenvalue weighted by Crippen LogP contribution is 2.26. The average Bonchev–Trinajstić information content (AvgIpc) is 3.18. The minimum atomic E-state index is -0.245. The Kier molecular flexibility index (Phi) is 6.66. The molecule has 0 radical (unpaired) electrons. The molecule has 0 aliphatic rings. The number of thiazole rings is 1. The van der Waals surface area contributed by atoms with Gasteiger partial charge >= 0.3 is 0 Å². The van der Waals surface area contributed by atoms with Crippen molar-refractivity contribution in [3.8, 4) is 11.5 Å². The number of hydrogen-bond donors (Lipinski definition) is 1. The van der Waals surface area contributed by atoms with E-state index < -0.39 is 0 Å². The molecule has 1 amide bonds. The van der Waals surface area contributed by atoms with Crippen molar-refractivity contribution in [3.63, 3.8) is 0 Å². The van der Waals surface area contributed by atoms with Crippen molar-refractivity contribution in [2.24, 2.45) is 5.92 Å². The van der Waals surface area contributed by atoms with Crippen LogP contribution in [0.3, 0.4) is 0 Å². The average molecular weight is 397 g/mol. The van der Waals surface area contributed by atoms with E-state index >= 15 is 0 Å². The van der Waals surface area contributed by atoms with Crippen LogP contribution in [0.1, 0.15) is 35.3 Å². The fourth-order valence-corrected chi connectivity index (χ4v) is 3.04. The highest BCUT2D eigenvalue weighted by atomic mass is 32.1. The Morgan fingerprint density at radius 2 is 1.89 bits per heavy atom. The molecule has 3 rings (SSSR count). The second-order valence-corrected chi connectivity index (χ2v) is 7.80. The van der Waals surface area contributed by atoms with Gasteiger partial charge in [-0.1, -0.05) is 38.1 Å². The van der Waals surface area contributed by atoms with Crippen molar-refractivity contribution in [3.05, 3.63) is 70.7 Å². The van der Waals surface area contributed by atoms with Gasteiger partial charge in [-0.2, -0.15) is 0 Å². The third-order valence-electron chi connectivity index (χ3n) is 4.03. The molecule has 1 N–H and O–H groups in total. The van der Waals surface area contributed by atoms with E-state index in [1.165, 1.54) is 11.3 Å². The molecule has 0 saturated carbocycles. The van der Waals surface area contributed by atoms with Gasteiger partial charge in [0, 0.05) is 23.2 Å². The van der Waals surface area contributed by atoms with Crippen LogP contribution in [0.2, 0.25) is 0 Å². The molecular formula is C22H24N2O3S. The predicted octanol–water partition coefficient (Wildman–Crippen LogP) is 5.32. The standard InChI is InChI=1S/C22H24N2O3S/c1-15(2)13-26-19-10-18(21(25)24-22-23-8-9-28-22)11-20(12-19)27-14-17-7-5-4-6-16(17)3/h4-12,15H,13-14H2,1-3H3,(H,23,24,25). The number of aromatic nitrogens is 1. The summed E-state index contributed by atoms with van der Waals surface area (Å²) in [4.78, 5) is 16.7. The topological polar surface area (TPSA) is 60.5 Å². The third kappa shape index (κ3) is 5.57. The van der Waals surface area contributed by atoms with Gasteiger partial charge in [0.1, 0.15) is 18.1 Å². The summed E-state index contributed by atoms with van der Waals surface area (Å²) in [5.41, 5.74) is 2.73. The van der Waals surface area contributed by atoms with E-state index in [4.69, 9.17) is 9.47 Å². The van der Waals surface area contributed by atoms with Gasteiger partial charge in [-0.05, 0) is 36.1 Å². The number of benzene rings is 2. The van der Waals surface area contributed by atoms with Crippen LogP contribution in [0.25, 0.3) is 0 Å². The Bertz CT molecular complexity index is 923. The summed E-state index contributed by atoms with van der Waals surface area (Å²) in [5.74, 6) is 1.34. The molecule has 0 aliphatic heterocycles. The number of anilines is 1. The van der Waals surface area contributed by atoms with Gasteiger partial charge in [-0.3, -0.25) is 10.1 Å². The molecule has 1 aromatic heterocycles. The highest BCUT2D eigenvalue weighted by molar-refractivity contribution is 7.13. The Hall–Kier alpha value is -2.86. The number of aryl methyl sites for hydroxylation is 1. The number of nitrogens with one attached hydrogen (secondary N) is 1. The summed E-state index contributed by atoms with van der Waals surface area (Å²) >= 11 is 1.37. The van der Waals surface area contributed by atoms with E-state index in [0.29, 0.717) is 41.3 Å². The summed E-state index contributed by atoms with van der Waals surface area (Å²) in [7, 11) is 0. The monoisotopic (exact) mass is 396 g/mol. The minimum absolute atomic E-state index is 0.245. The van der Waals surface area contributed by atoms with Crippen molar-refractivity contribution in [1.29, 1.82) is 0 Å². The van der Waals surface area contributed by atoms with Crippen LogP contribution in [0, 0.1) is 12.8 Å². The zero-order valence-corrected chi connectivity index (χ0v) is 17.1. The number of rotatable bonds is 8. The van der Waals surface area contributed by atoms with E-state index in [2.05, 4.69) is 24.1 Å². The first kappa shape index (κ1) is 19.9. The summed E-state index contributed by atoms with van der Waals surface area (Å²) in [5, 5.41) is 5.17. The van der Waals surface area contributed by atoms with Crippen LogP contribution in [0.5, 0.6) is 11.5 Å². The molecule has 0 aliphatic carbocycles. The van der Waals surface area contributed by atoms with Gasteiger partial charge < -0.3 is 9.47 Å². The maximum absolute atomic E-state index is 12.6. The number of amides is 1. The first-order valence-corrected chi connectivity index (χ1v) is 10.1. The van der Waals surface area contributed by atoms with Crippen molar-refractivity contribution < 1.29 is 14.3 Å². The fourth-order valence-electron chi connectivity index (χ4n) is 2.52. The maximum atomic E-state index is 12.6. The van der Waals surface area contributed by atoms with Crippen LogP contribution in [0.4, 0.5) is 5.13 Å². The Morgan fingerprint density at radius 3 is 2.57 bits per heavy atom. The summed E-state index contributed by atoms with van der Waals surface area (Å²) in [6.07, 6.45) is 1.65. The lowest BCUT2D eigenvalue weighted by molar-refractivity contribution is 0.102. The van der Waals surface area contributed by atoms with E-state index in [9.17, 15) is 4.79 Å². The maximum Gasteiger partial charge on any atom is 0.257 e. The van der Waals surface area contributed by atoms with Crippen LogP contribution < -0.4 is 14.8 Å². The molecule has 0 spiro atoms. The summed E-state index contributed by atoms with van der Waals surface area (Å²) < 4.78 is 11.8. The molecule has 0 unspecified atom stereocenters. The van der Waals surface area contributed by atoms with Crippen LogP contribution in [-0.2, 0) is 6.61 Å². The van der Waals surface area contributed by atoms with Crippen molar-refractivity contribution >= 4 is 22.4 Å². The fraction of sp³-hybridized carbons (Fsp3) is 0.273. The second-order valence-electron chi connectivity index (χ2n) is 6.90. The molecular weight excluding hydrogens is 372 g/mol. The number of ether oxygens (including phenoxy) is 2. The van der Waals surface area contributed by atoms with Gasteiger partial charge in [-0.25, -0.2) is 4.98 Å². The lowest BCUT2D eigenvalue weighted by Crippen LogP contribution is -2.13. The van der Waals surface area contributed by atoms with Crippen LogP contribution >= 0.6 is 11.3 Å². The zero-order chi connectivity index (χ0) is 19.9. The molecule has 0 bridgehead atoms. The van der Waals surface area contributed by atoms with E-state index in [1.54, 1.807) is 18.3 Å². The Balaban J connectivity index is 1.80. The summed E-state index contributed by atoms with van der Waals surface area (Å²) in [6, 6.07) is 13.3. The predicted molar refractivity (Wildman–Crippen MR) is 112 cm³/mol. The molecule has 1 heterocycles. The first-order valence-electron chi connectivity index (χ1n) is 9.17. The van der Waals surface area contributed by atoms with Crippen LogP contribution in [0.15, 0.2) is 54.0 Å². The van der Waals surface area contributed by atoms with Gasteiger partial charge in [0.05, 0.1) is 6.61 Å². The van der Waals surface area contributed by atoms with Crippen molar-refractivity contribution in [2.75, 3.05) is 11.9 Å². The van der Waals surface area contributed by atoms with Gasteiger partial charge in [0.2, 0.25) is 0 Å². The number of hydrogen-bond acceptors (Lipinski definition) is 5. The molecule has 0 fully saturated rings. The largest absolute Gasteiger partial charge is 0.493 e. The van der Waals surface area contributed by atoms with E-state index in [-0.39, 0.29) is 5.91 Å². The molecule has 146 valence electrons. The second kappa shape index (κ2) is 9.37. The minimum Gasteiger partial charge on any atom is -0.493 e. The lowest BCUT2D eigenvalue weighted by Gasteiger charge is -2.14. The molecule has 28 heavy (non-hydrogen) atoms. The van der Waals surface area contributed by atoms with Crippen molar-refractivity contribution in [1.82, 2.24) is 4.98 Å². The SMILES string of the molecule is Cc1ccccc1COc1cc(OCC(C)C)cc(C(=O)Nc2nccs2)c1. The summed E-state index contributed by atoms with van der Waals surface area (Å²) in [6.45, 7) is 7.19. The van der Waals surface area contributed by atoms with E-state index in [1.807, 2.05) is 42.6 Å².